The van der Waals surface area contributed by atoms with E-state index in [1.165, 1.54) is 11.8 Å². The third-order valence-electron chi connectivity index (χ3n) is 3.90. The summed E-state index contributed by atoms with van der Waals surface area (Å²) in [6.45, 7) is 1.13. The lowest BCUT2D eigenvalue weighted by atomic mass is 9.96. The van der Waals surface area contributed by atoms with Crippen LogP contribution in [0.3, 0.4) is 0 Å². The van der Waals surface area contributed by atoms with Crippen molar-refractivity contribution in [1.82, 2.24) is 9.88 Å². The zero-order valence-corrected chi connectivity index (χ0v) is 13.9. The number of piperidine rings is 1. The first kappa shape index (κ1) is 16.1. The van der Waals surface area contributed by atoms with Crippen molar-refractivity contribution < 1.29 is 14.0 Å². The number of oxazole rings is 1. The summed E-state index contributed by atoms with van der Waals surface area (Å²) in [4.78, 5) is 29.4. The maximum absolute atomic E-state index is 12.2. The van der Waals surface area contributed by atoms with Gasteiger partial charge in [-0.05, 0) is 25.0 Å². The third kappa shape index (κ3) is 3.79. The van der Waals surface area contributed by atoms with Crippen LogP contribution in [0.5, 0.6) is 0 Å². The largest absolute Gasteiger partial charge is 0.431 e. The van der Waals surface area contributed by atoms with E-state index in [1.54, 1.807) is 23.1 Å². The first-order chi connectivity index (χ1) is 11.0. The van der Waals surface area contributed by atoms with Crippen molar-refractivity contribution in [2.45, 2.75) is 18.1 Å². The van der Waals surface area contributed by atoms with Crippen LogP contribution in [0.2, 0.25) is 5.02 Å². The minimum absolute atomic E-state index is 0.0122. The lowest BCUT2D eigenvalue weighted by Gasteiger charge is -2.30. The summed E-state index contributed by atoms with van der Waals surface area (Å²) < 4.78 is 5.57. The molecule has 1 aromatic heterocycles. The van der Waals surface area contributed by atoms with Gasteiger partial charge in [0.15, 0.2) is 5.58 Å². The van der Waals surface area contributed by atoms with Crippen LogP contribution in [0, 0.1) is 5.92 Å². The molecule has 2 N–H and O–H groups in total. The average Bonchev–Trinajstić information content (AvgIpc) is 2.94. The number of carbonyl (C=O) groups excluding carboxylic acids is 2. The van der Waals surface area contributed by atoms with Crippen LogP contribution in [0.25, 0.3) is 11.1 Å². The molecule has 1 fully saturated rings. The molecule has 2 heterocycles. The molecular weight excluding hydrogens is 338 g/mol. The van der Waals surface area contributed by atoms with E-state index in [0.29, 0.717) is 47.3 Å². The summed E-state index contributed by atoms with van der Waals surface area (Å²) in [6, 6.07) is 5.22. The maximum Gasteiger partial charge on any atom is 0.257 e. The molecule has 1 aliphatic rings. The number of benzene rings is 1. The second-order valence-electron chi connectivity index (χ2n) is 5.44. The van der Waals surface area contributed by atoms with Crippen LogP contribution >= 0.6 is 23.4 Å². The standard InChI is InChI=1S/C15H16ClN3O3S/c16-10-1-2-11-12(7-10)22-15(18-11)23-8-13(20)19-5-3-9(4-6-19)14(17)21/h1-2,7,9H,3-6,8H2,(H2,17,21). The van der Waals surface area contributed by atoms with Gasteiger partial charge in [0.1, 0.15) is 5.52 Å². The number of fused-ring (bicyclic) bond motifs is 1. The Morgan fingerprint density at radius 2 is 2.13 bits per heavy atom. The third-order valence-corrected chi connectivity index (χ3v) is 4.95. The Bertz CT molecular complexity index is 741. The molecule has 1 saturated heterocycles. The zero-order chi connectivity index (χ0) is 16.4. The molecule has 0 radical (unpaired) electrons. The monoisotopic (exact) mass is 353 g/mol. The van der Waals surface area contributed by atoms with Crippen molar-refractivity contribution in [2.24, 2.45) is 11.7 Å². The molecule has 1 aliphatic heterocycles. The van der Waals surface area contributed by atoms with Crippen molar-refractivity contribution in [3.8, 4) is 0 Å². The molecule has 0 spiro atoms. The average molecular weight is 354 g/mol. The Morgan fingerprint density at radius 3 is 2.83 bits per heavy atom. The Labute approximate surface area is 142 Å². The number of amides is 2. The van der Waals surface area contributed by atoms with E-state index in [4.69, 9.17) is 21.8 Å². The van der Waals surface area contributed by atoms with E-state index < -0.39 is 0 Å². The first-order valence-electron chi connectivity index (χ1n) is 7.29. The van der Waals surface area contributed by atoms with Gasteiger partial charge in [-0.25, -0.2) is 4.98 Å². The second kappa shape index (κ2) is 6.80. The number of rotatable bonds is 4. The molecule has 0 bridgehead atoms. The summed E-state index contributed by atoms with van der Waals surface area (Å²) in [5, 5.41) is 1.03. The minimum Gasteiger partial charge on any atom is -0.431 e. The molecule has 0 aliphatic carbocycles. The van der Waals surface area contributed by atoms with Gasteiger partial charge in [0, 0.05) is 30.1 Å². The number of nitrogens with two attached hydrogens (primary N) is 1. The van der Waals surface area contributed by atoms with Crippen LogP contribution in [0.4, 0.5) is 0 Å². The Balaban J connectivity index is 1.55. The molecule has 23 heavy (non-hydrogen) atoms. The molecule has 1 aromatic carbocycles. The number of hydrogen-bond donors (Lipinski definition) is 1. The number of nitrogens with zero attached hydrogens (tertiary/aromatic N) is 2. The smallest absolute Gasteiger partial charge is 0.257 e. The van der Waals surface area contributed by atoms with Crippen LogP contribution in [-0.2, 0) is 9.59 Å². The van der Waals surface area contributed by atoms with Crippen molar-refractivity contribution >= 4 is 46.3 Å². The lowest BCUT2D eigenvalue weighted by Crippen LogP contribution is -2.42. The van der Waals surface area contributed by atoms with Crippen molar-refractivity contribution in [3.63, 3.8) is 0 Å². The Hall–Kier alpha value is -1.73. The van der Waals surface area contributed by atoms with Crippen LogP contribution < -0.4 is 5.73 Å². The van der Waals surface area contributed by atoms with E-state index in [2.05, 4.69) is 4.98 Å². The predicted molar refractivity (Wildman–Crippen MR) is 88.2 cm³/mol. The van der Waals surface area contributed by atoms with E-state index in [0.717, 1.165) is 0 Å². The molecule has 122 valence electrons. The number of carbonyl (C=O) groups is 2. The van der Waals surface area contributed by atoms with E-state index >= 15 is 0 Å². The molecule has 0 unspecified atom stereocenters. The fourth-order valence-corrected chi connectivity index (χ4v) is 3.47. The van der Waals surface area contributed by atoms with Crippen molar-refractivity contribution in [2.75, 3.05) is 18.8 Å². The summed E-state index contributed by atoms with van der Waals surface area (Å²) in [5.74, 6) is -0.134. The normalized spacial score (nSPS) is 16.0. The van der Waals surface area contributed by atoms with Gasteiger partial charge in [0.25, 0.3) is 5.22 Å². The zero-order valence-electron chi connectivity index (χ0n) is 12.3. The van der Waals surface area contributed by atoms with Gasteiger partial charge in [-0.15, -0.1) is 0 Å². The van der Waals surface area contributed by atoms with Crippen LogP contribution in [0.15, 0.2) is 27.8 Å². The maximum atomic E-state index is 12.2. The minimum atomic E-state index is -0.281. The molecule has 8 heteroatoms. The quantitative estimate of drug-likeness (QED) is 0.852. The van der Waals surface area contributed by atoms with Gasteiger partial charge in [-0.1, -0.05) is 23.4 Å². The lowest BCUT2D eigenvalue weighted by molar-refractivity contribution is -0.132. The number of primary amides is 1. The predicted octanol–water partition coefficient (Wildman–Crippen LogP) is 2.30. The van der Waals surface area contributed by atoms with E-state index in [1.807, 2.05) is 0 Å². The highest BCUT2D eigenvalue weighted by Crippen LogP contribution is 2.26. The number of thioether (sulfide) groups is 1. The van der Waals surface area contributed by atoms with Gasteiger partial charge in [0.05, 0.1) is 5.75 Å². The molecule has 6 nitrogen and oxygen atoms in total. The summed E-state index contributed by atoms with van der Waals surface area (Å²) in [6.07, 6.45) is 1.26. The highest BCUT2D eigenvalue weighted by molar-refractivity contribution is 7.99. The van der Waals surface area contributed by atoms with Gasteiger partial charge < -0.3 is 15.1 Å². The summed E-state index contributed by atoms with van der Waals surface area (Å²) in [7, 11) is 0. The second-order valence-corrected chi connectivity index (χ2v) is 6.80. The Morgan fingerprint density at radius 1 is 1.39 bits per heavy atom. The highest BCUT2D eigenvalue weighted by Gasteiger charge is 2.26. The number of likely N-dealkylation sites (tertiary alicyclic amines) is 1. The summed E-state index contributed by atoms with van der Waals surface area (Å²) >= 11 is 7.16. The number of hydrogen-bond acceptors (Lipinski definition) is 5. The highest BCUT2D eigenvalue weighted by atomic mass is 35.5. The van der Waals surface area contributed by atoms with Gasteiger partial charge in [-0.3, -0.25) is 9.59 Å². The van der Waals surface area contributed by atoms with E-state index in [-0.39, 0.29) is 23.5 Å². The van der Waals surface area contributed by atoms with Gasteiger partial charge in [-0.2, -0.15) is 0 Å². The number of halogens is 1. The van der Waals surface area contributed by atoms with Gasteiger partial charge >= 0.3 is 0 Å². The van der Waals surface area contributed by atoms with E-state index in [9.17, 15) is 9.59 Å². The fourth-order valence-electron chi connectivity index (χ4n) is 2.57. The fraction of sp³-hybridized carbons (Fsp3) is 0.400. The van der Waals surface area contributed by atoms with Crippen LogP contribution in [-0.4, -0.2) is 40.5 Å². The molecule has 2 aromatic rings. The molecule has 2 amide bonds. The van der Waals surface area contributed by atoms with Crippen molar-refractivity contribution in [1.29, 1.82) is 0 Å². The SMILES string of the molecule is NC(=O)C1CCN(C(=O)CSc2nc3ccc(Cl)cc3o2)CC1. The first-order valence-corrected chi connectivity index (χ1v) is 8.65. The molecule has 0 saturated carbocycles. The summed E-state index contributed by atoms with van der Waals surface area (Å²) in [5.41, 5.74) is 6.62. The van der Waals surface area contributed by atoms with Crippen molar-refractivity contribution in [3.05, 3.63) is 23.2 Å². The van der Waals surface area contributed by atoms with Crippen LogP contribution in [0.1, 0.15) is 12.8 Å². The molecular formula is C15H16ClN3O3S. The molecule has 0 atom stereocenters. The molecule has 3 rings (SSSR count). The topological polar surface area (TPSA) is 89.4 Å². The Kier molecular flexibility index (Phi) is 4.77. The van der Waals surface area contributed by atoms with Gasteiger partial charge in [0.2, 0.25) is 11.8 Å². The number of aromatic nitrogens is 1.